The number of rotatable bonds is 4. The molecule has 4 nitrogen and oxygen atoms in total. The Morgan fingerprint density at radius 3 is 2.19 bits per heavy atom. The molecule has 1 heterocycles. The molecule has 27 heavy (non-hydrogen) atoms. The lowest BCUT2D eigenvalue weighted by molar-refractivity contribution is -0.117. The number of amides is 1. The number of primary amides is 1. The van der Waals surface area contributed by atoms with E-state index in [1.165, 1.54) is 18.6 Å². The SMILES string of the molecule is CC.CC.CCC1CC(C)C2C(C)=NN=C(c3ccc(CC(N)=O)cc3)C12. The minimum atomic E-state index is -0.302. The summed E-state index contributed by atoms with van der Waals surface area (Å²) >= 11 is 0. The van der Waals surface area contributed by atoms with Crippen molar-refractivity contribution in [3.63, 3.8) is 0 Å². The molecule has 0 radical (unpaired) electrons. The molecule has 4 heteroatoms. The summed E-state index contributed by atoms with van der Waals surface area (Å²) in [5.41, 5.74) is 9.62. The van der Waals surface area contributed by atoms with Crippen molar-refractivity contribution in [3.05, 3.63) is 35.4 Å². The topological polar surface area (TPSA) is 67.8 Å². The van der Waals surface area contributed by atoms with Crippen molar-refractivity contribution in [1.82, 2.24) is 0 Å². The van der Waals surface area contributed by atoms with Crippen LogP contribution in [0.1, 0.15) is 72.4 Å². The van der Waals surface area contributed by atoms with E-state index in [0.717, 1.165) is 16.8 Å². The fourth-order valence-corrected chi connectivity index (χ4v) is 4.41. The van der Waals surface area contributed by atoms with Gasteiger partial charge >= 0.3 is 0 Å². The van der Waals surface area contributed by atoms with Crippen LogP contribution in [0.2, 0.25) is 0 Å². The van der Waals surface area contributed by atoms with Crippen LogP contribution in [0, 0.1) is 23.7 Å². The number of benzene rings is 1. The number of nitrogens with zero attached hydrogens (tertiary/aromatic N) is 2. The van der Waals surface area contributed by atoms with Crippen molar-refractivity contribution in [2.45, 2.75) is 67.7 Å². The third kappa shape index (κ3) is 5.27. The number of carbonyl (C=O) groups is 1. The van der Waals surface area contributed by atoms with Crippen LogP contribution in [-0.2, 0) is 11.2 Å². The summed E-state index contributed by atoms with van der Waals surface area (Å²) in [6.45, 7) is 14.7. The van der Waals surface area contributed by atoms with Crippen LogP contribution < -0.4 is 5.73 Å². The maximum absolute atomic E-state index is 11.0. The van der Waals surface area contributed by atoms with E-state index in [1.54, 1.807) is 0 Å². The highest BCUT2D eigenvalue weighted by molar-refractivity contribution is 6.07. The zero-order valence-electron chi connectivity index (χ0n) is 18.1. The third-order valence-electron chi connectivity index (χ3n) is 5.45. The molecule has 1 amide bonds. The molecule has 2 aliphatic rings. The van der Waals surface area contributed by atoms with Crippen molar-refractivity contribution in [3.8, 4) is 0 Å². The molecule has 4 unspecified atom stereocenters. The van der Waals surface area contributed by atoms with Gasteiger partial charge in [-0.25, -0.2) is 0 Å². The first kappa shape index (κ1) is 23.1. The van der Waals surface area contributed by atoms with Gasteiger partial charge in [-0.3, -0.25) is 4.79 Å². The van der Waals surface area contributed by atoms with Gasteiger partial charge in [-0.15, -0.1) is 0 Å². The van der Waals surface area contributed by atoms with Gasteiger partial charge in [-0.05, 0) is 36.3 Å². The van der Waals surface area contributed by atoms with E-state index in [0.29, 0.717) is 23.7 Å². The highest BCUT2D eigenvalue weighted by atomic mass is 16.1. The Hall–Kier alpha value is -1.97. The minimum absolute atomic E-state index is 0.282. The van der Waals surface area contributed by atoms with Gasteiger partial charge in [0.05, 0.1) is 12.1 Å². The Balaban J connectivity index is 0.000000855. The second-order valence-corrected chi connectivity index (χ2v) is 7.00. The highest BCUT2D eigenvalue weighted by Gasteiger charge is 2.46. The Morgan fingerprint density at radius 1 is 1.07 bits per heavy atom. The third-order valence-corrected chi connectivity index (χ3v) is 5.45. The van der Waals surface area contributed by atoms with Crippen molar-refractivity contribution >= 4 is 17.3 Å². The lowest BCUT2D eigenvalue weighted by Gasteiger charge is -2.29. The van der Waals surface area contributed by atoms with Crippen LogP contribution in [0.3, 0.4) is 0 Å². The zero-order chi connectivity index (χ0) is 20.6. The maximum atomic E-state index is 11.0. The van der Waals surface area contributed by atoms with Crippen molar-refractivity contribution in [1.29, 1.82) is 0 Å². The zero-order valence-corrected chi connectivity index (χ0v) is 18.1. The Morgan fingerprint density at radius 2 is 1.67 bits per heavy atom. The Bertz CT molecular complexity index is 661. The first-order valence-corrected chi connectivity index (χ1v) is 10.5. The molecule has 0 spiro atoms. The molecule has 0 aromatic heterocycles. The quantitative estimate of drug-likeness (QED) is 0.772. The van der Waals surface area contributed by atoms with Crippen LogP contribution >= 0.6 is 0 Å². The molecule has 0 bridgehead atoms. The number of hydrogen-bond donors (Lipinski definition) is 1. The van der Waals surface area contributed by atoms with Crippen LogP contribution in [0.15, 0.2) is 34.5 Å². The summed E-state index contributed by atoms with van der Waals surface area (Å²) in [6, 6.07) is 8.06. The van der Waals surface area contributed by atoms with Crippen LogP contribution in [0.5, 0.6) is 0 Å². The molecule has 1 saturated carbocycles. The number of carbonyl (C=O) groups excluding carboxylic acids is 1. The van der Waals surface area contributed by atoms with Gasteiger partial charge < -0.3 is 5.73 Å². The van der Waals surface area contributed by atoms with Crippen molar-refractivity contribution in [2.75, 3.05) is 0 Å². The monoisotopic (exact) mass is 371 g/mol. The standard InChI is InChI=1S/C19H25N3O.2C2H6/c1-4-14-9-11(2)17-12(3)21-22-19(18(14)17)15-7-5-13(6-8-15)10-16(20)23;2*1-2/h5-8,11,14,17-18H,4,9-10H2,1-3H3,(H2,20,23);2*1-2H3. The van der Waals surface area contributed by atoms with E-state index < -0.39 is 0 Å². The predicted molar refractivity (Wildman–Crippen MR) is 116 cm³/mol. The van der Waals surface area contributed by atoms with Crippen molar-refractivity contribution < 1.29 is 4.79 Å². The lowest BCUT2D eigenvalue weighted by Crippen LogP contribution is -2.33. The van der Waals surface area contributed by atoms with E-state index in [2.05, 4.69) is 43.1 Å². The van der Waals surface area contributed by atoms with Gasteiger partial charge in [0.15, 0.2) is 0 Å². The summed E-state index contributed by atoms with van der Waals surface area (Å²) < 4.78 is 0. The average Bonchev–Trinajstić information content (AvgIpc) is 3.03. The van der Waals surface area contributed by atoms with Crippen LogP contribution in [0.25, 0.3) is 0 Å². The number of nitrogens with two attached hydrogens (primary N) is 1. The lowest BCUT2D eigenvalue weighted by atomic mass is 9.77. The second-order valence-electron chi connectivity index (χ2n) is 7.00. The second kappa shape index (κ2) is 11.0. The largest absolute Gasteiger partial charge is 0.369 e. The fraction of sp³-hybridized carbons (Fsp3) is 0.609. The molecule has 1 aromatic rings. The minimum Gasteiger partial charge on any atom is -0.369 e. The maximum Gasteiger partial charge on any atom is 0.221 e. The molecular formula is C23H37N3O. The summed E-state index contributed by atoms with van der Waals surface area (Å²) in [7, 11) is 0. The van der Waals surface area contributed by atoms with E-state index >= 15 is 0 Å². The Labute approximate surface area is 165 Å². The smallest absolute Gasteiger partial charge is 0.221 e. The average molecular weight is 372 g/mol. The van der Waals surface area contributed by atoms with Crippen molar-refractivity contribution in [2.24, 2.45) is 39.6 Å². The van der Waals surface area contributed by atoms with Crippen LogP contribution in [-0.4, -0.2) is 17.3 Å². The first-order chi connectivity index (χ1) is 13.0. The summed E-state index contributed by atoms with van der Waals surface area (Å²) in [5, 5.41) is 9.01. The summed E-state index contributed by atoms with van der Waals surface area (Å²) in [5.74, 6) is 2.01. The molecule has 0 saturated heterocycles. The molecule has 4 atom stereocenters. The molecular weight excluding hydrogens is 334 g/mol. The molecule has 150 valence electrons. The molecule has 1 fully saturated rings. The normalized spacial score (nSPS) is 25.7. The van der Waals surface area contributed by atoms with Gasteiger partial charge in [0.1, 0.15) is 0 Å². The van der Waals surface area contributed by atoms with E-state index in [4.69, 9.17) is 5.73 Å². The Kier molecular flexibility index (Phi) is 9.40. The molecule has 1 aromatic carbocycles. The summed E-state index contributed by atoms with van der Waals surface area (Å²) in [6.07, 6.45) is 2.71. The van der Waals surface area contributed by atoms with Gasteiger partial charge in [0.2, 0.25) is 5.91 Å². The molecule has 3 rings (SSSR count). The number of hydrogen-bond acceptors (Lipinski definition) is 3. The molecule has 1 aliphatic carbocycles. The fourth-order valence-electron chi connectivity index (χ4n) is 4.41. The van der Waals surface area contributed by atoms with Gasteiger partial charge in [0, 0.05) is 17.5 Å². The summed E-state index contributed by atoms with van der Waals surface area (Å²) in [4.78, 5) is 11.0. The highest BCUT2D eigenvalue weighted by Crippen LogP contribution is 2.47. The molecule has 1 aliphatic heterocycles. The van der Waals surface area contributed by atoms with Gasteiger partial charge in [-0.2, -0.15) is 10.2 Å². The predicted octanol–water partition coefficient (Wildman–Crippen LogP) is 5.24. The number of fused-ring (bicyclic) bond motifs is 1. The van der Waals surface area contributed by atoms with E-state index in [9.17, 15) is 4.79 Å². The van der Waals surface area contributed by atoms with Gasteiger partial charge in [-0.1, -0.05) is 72.2 Å². The van der Waals surface area contributed by atoms with Gasteiger partial charge in [0.25, 0.3) is 0 Å². The first-order valence-electron chi connectivity index (χ1n) is 10.5. The van der Waals surface area contributed by atoms with E-state index in [1.807, 2.05) is 39.8 Å². The molecule has 2 N–H and O–H groups in total. The van der Waals surface area contributed by atoms with Crippen LogP contribution in [0.4, 0.5) is 0 Å². The van der Waals surface area contributed by atoms with E-state index in [-0.39, 0.29) is 12.3 Å².